The second-order valence-electron chi connectivity index (χ2n) is 5.94. The van der Waals surface area contributed by atoms with Gasteiger partial charge in [0.1, 0.15) is 5.52 Å². The monoisotopic (exact) mass is 298 g/mol. The quantitative estimate of drug-likeness (QED) is 0.907. The molecule has 116 valence electrons. The highest BCUT2D eigenvalue weighted by Gasteiger charge is 2.25. The Kier molecular flexibility index (Phi) is 4.63. The summed E-state index contributed by atoms with van der Waals surface area (Å²) in [6.07, 6.45) is 9.30. The summed E-state index contributed by atoms with van der Waals surface area (Å²) < 4.78 is 0. The molecule has 1 aliphatic rings. The van der Waals surface area contributed by atoms with Gasteiger partial charge in [0, 0.05) is 25.0 Å². The lowest BCUT2D eigenvalue weighted by molar-refractivity contribution is 0.0917. The van der Waals surface area contributed by atoms with Gasteiger partial charge in [-0.25, -0.2) is 0 Å². The molecule has 1 heterocycles. The van der Waals surface area contributed by atoms with Crippen molar-refractivity contribution in [1.29, 1.82) is 0 Å². The lowest BCUT2D eigenvalue weighted by Gasteiger charge is -2.30. The molecule has 0 radical (unpaired) electrons. The number of aromatic nitrogens is 2. The number of nitrogens with two attached hydrogens (primary N) is 1. The van der Waals surface area contributed by atoms with E-state index in [9.17, 15) is 4.79 Å². The average molecular weight is 298 g/mol. The summed E-state index contributed by atoms with van der Waals surface area (Å²) in [6, 6.07) is 5.53. The van der Waals surface area contributed by atoms with Crippen molar-refractivity contribution in [2.75, 3.05) is 6.54 Å². The maximum Gasteiger partial charge on any atom is 0.253 e. The Morgan fingerprint density at radius 2 is 2.00 bits per heavy atom. The van der Waals surface area contributed by atoms with Crippen molar-refractivity contribution in [3.05, 3.63) is 36.2 Å². The molecule has 1 fully saturated rings. The number of benzene rings is 1. The zero-order valence-corrected chi connectivity index (χ0v) is 12.7. The highest BCUT2D eigenvalue weighted by molar-refractivity contribution is 6.04. The number of nitrogens with one attached hydrogen (secondary N) is 1. The van der Waals surface area contributed by atoms with Crippen LogP contribution in [-0.4, -0.2) is 28.5 Å². The molecule has 1 amide bonds. The molecule has 5 nitrogen and oxygen atoms in total. The number of hydrogen-bond acceptors (Lipinski definition) is 4. The average Bonchev–Trinajstić information content (AvgIpc) is 2.59. The highest BCUT2D eigenvalue weighted by Crippen LogP contribution is 2.26. The van der Waals surface area contributed by atoms with Crippen molar-refractivity contribution >= 4 is 16.9 Å². The molecule has 1 aliphatic carbocycles. The van der Waals surface area contributed by atoms with Crippen molar-refractivity contribution in [1.82, 2.24) is 15.3 Å². The molecule has 0 bridgehead atoms. The van der Waals surface area contributed by atoms with E-state index in [1.165, 1.54) is 19.3 Å². The molecule has 0 aliphatic heterocycles. The van der Waals surface area contributed by atoms with Gasteiger partial charge in [0.2, 0.25) is 0 Å². The van der Waals surface area contributed by atoms with Crippen molar-refractivity contribution < 1.29 is 4.79 Å². The number of carbonyl (C=O) groups is 1. The Balaban J connectivity index is 1.80. The Bertz CT molecular complexity index is 647. The van der Waals surface area contributed by atoms with Crippen LogP contribution in [0.4, 0.5) is 0 Å². The first-order valence-electron chi connectivity index (χ1n) is 8.00. The first-order valence-corrected chi connectivity index (χ1v) is 8.00. The fraction of sp³-hybridized carbons (Fsp3) is 0.471. The van der Waals surface area contributed by atoms with Gasteiger partial charge in [0.15, 0.2) is 0 Å². The molecule has 1 saturated carbocycles. The van der Waals surface area contributed by atoms with Gasteiger partial charge in [-0.3, -0.25) is 14.8 Å². The van der Waals surface area contributed by atoms with Gasteiger partial charge in [-0.15, -0.1) is 0 Å². The van der Waals surface area contributed by atoms with Crippen LogP contribution >= 0.6 is 0 Å². The molecule has 22 heavy (non-hydrogen) atoms. The summed E-state index contributed by atoms with van der Waals surface area (Å²) in [5.74, 6) is 0.385. The van der Waals surface area contributed by atoms with Crippen molar-refractivity contribution in [2.45, 2.75) is 38.1 Å². The maximum atomic E-state index is 12.6. The van der Waals surface area contributed by atoms with Gasteiger partial charge >= 0.3 is 0 Å². The van der Waals surface area contributed by atoms with Crippen molar-refractivity contribution in [3.8, 4) is 0 Å². The number of rotatable bonds is 4. The van der Waals surface area contributed by atoms with Gasteiger partial charge in [-0.05, 0) is 30.9 Å². The largest absolute Gasteiger partial charge is 0.348 e. The zero-order chi connectivity index (χ0) is 15.4. The minimum absolute atomic E-state index is 0.0414. The molecule has 1 atom stereocenters. The number of hydrogen-bond donors (Lipinski definition) is 2. The summed E-state index contributed by atoms with van der Waals surface area (Å²) in [4.78, 5) is 21.2. The number of amides is 1. The Labute approximate surface area is 130 Å². The fourth-order valence-electron chi connectivity index (χ4n) is 3.33. The molecule has 3 N–H and O–H groups in total. The van der Waals surface area contributed by atoms with Crippen LogP contribution in [0.25, 0.3) is 11.0 Å². The SMILES string of the molecule is NCC(NC(=O)c1cccc2nccnc12)C1CCCCC1. The zero-order valence-electron chi connectivity index (χ0n) is 12.7. The van der Waals surface area contributed by atoms with Crippen LogP contribution in [0.2, 0.25) is 0 Å². The molecule has 3 rings (SSSR count). The third kappa shape index (κ3) is 3.09. The molecule has 1 unspecified atom stereocenters. The topological polar surface area (TPSA) is 80.9 Å². The van der Waals surface area contributed by atoms with Crippen LogP contribution in [0, 0.1) is 5.92 Å². The second-order valence-corrected chi connectivity index (χ2v) is 5.94. The molecule has 0 saturated heterocycles. The third-order valence-electron chi connectivity index (χ3n) is 4.53. The van der Waals surface area contributed by atoms with Gasteiger partial charge in [0.25, 0.3) is 5.91 Å². The molecular formula is C17H22N4O. The molecule has 0 spiro atoms. The van der Waals surface area contributed by atoms with Crippen LogP contribution in [0.3, 0.4) is 0 Å². The maximum absolute atomic E-state index is 12.6. The number of carbonyl (C=O) groups excluding carboxylic acids is 1. The van der Waals surface area contributed by atoms with Gasteiger partial charge in [-0.1, -0.05) is 25.3 Å². The molecular weight excluding hydrogens is 276 g/mol. The van der Waals surface area contributed by atoms with Gasteiger partial charge in [0.05, 0.1) is 11.1 Å². The van der Waals surface area contributed by atoms with Crippen LogP contribution < -0.4 is 11.1 Å². The Morgan fingerprint density at radius 1 is 1.23 bits per heavy atom. The van der Waals surface area contributed by atoms with E-state index in [4.69, 9.17) is 5.73 Å². The van der Waals surface area contributed by atoms with E-state index in [0.717, 1.165) is 18.4 Å². The van der Waals surface area contributed by atoms with E-state index in [2.05, 4.69) is 15.3 Å². The third-order valence-corrected chi connectivity index (χ3v) is 4.53. The summed E-state index contributed by atoms with van der Waals surface area (Å²) in [5.41, 5.74) is 7.84. The summed E-state index contributed by atoms with van der Waals surface area (Å²) in [7, 11) is 0. The number of fused-ring (bicyclic) bond motifs is 1. The molecule has 1 aromatic carbocycles. The van der Waals surface area contributed by atoms with Crippen LogP contribution in [-0.2, 0) is 0 Å². The molecule has 2 aromatic rings. The van der Waals surface area contributed by atoms with Crippen LogP contribution in [0.1, 0.15) is 42.5 Å². The minimum Gasteiger partial charge on any atom is -0.348 e. The molecule has 1 aromatic heterocycles. The predicted molar refractivity (Wildman–Crippen MR) is 86.4 cm³/mol. The highest BCUT2D eigenvalue weighted by atomic mass is 16.1. The Morgan fingerprint density at radius 3 is 2.77 bits per heavy atom. The number of para-hydroxylation sites is 1. The standard InChI is InChI=1S/C17H22N4O/c18-11-15(12-5-2-1-3-6-12)21-17(22)13-7-4-8-14-16(13)20-10-9-19-14/h4,7-10,12,15H,1-3,5-6,11,18H2,(H,21,22). The van der Waals surface area contributed by atoms with Gasteiger partial charge in [-0.2, -0.15) is 0 Å². The van der Waals surface area contributed by atoms with E-state index in [1.807, 2.05) is 12.1 Å². The van der Waals surface area contributed by atoms with E-state index in [-0.39, 0.29) is 11.9 Å². The lowest BCUT2D eigenvalue weighted by atomic mass is 9.84. The first-order chi connectivity index (χ1) is 10.8. The van der Waals surface area contributed by atoms with E-state index in [1.54, 1.807) is 18.5 Å². The van der Waals surface area contributed by atoms with E-state index in [0.29, 0.717) is 23.5 Å². The van der Waals surface area contributed by atoms with Crippen LogP contribution in [0.15, 0.2) is 30.6 Å². The normalized spacial score (nSPS) is 17.3. The van der Waals surface area contributed by atoms with Crippen molar-refractivity contribution in [2.24, 2.45) is 11.7 Å². The van der Waals surface area contributed by atoms with Crippen molar-refractivity contribution in [3.63, 3.8) is 0 Å². The smallest absolute Gasteiger partial charge is 0.253 e. The lowest BCUT2D eigenvalue weighted by Crippen LogP contribution is -2.46. The second kappa shape index (κ2) is 6.83. The number of nitrogens with zero attached hydrogens (tertiary/aromatic N) is 2. The van der Waals surface area contributed by atoms with Crippen LogP contribution in [0.5, 0.6) is 0 Å². The summed E-state index contributed by atoms with van der Waals surface area (Å²) in [6.45, 7) is 0.479. The summed E-state index contributed by atoms with van der Waals surface area (Å²) in [5, 5.41) is 3.11. The van der Waals surface area contributed by atoms with E-state index < -0.39 is 0 Å². The first kappa shape index (κ1) is 14.9. The predicted octanol–water partition coefficient (Wildman–Crippen LogP) is 2.27. The van der Waals surface area contributed by atoms with E-state index >= 15 is 0 Å². The summed E-state index contributed by atoms with van der Waals surface area (Å²) >= 11 is 0. The Hall–Kier alpha value is -2.01. The minimum atomic E-state index is -0.105. The van der Waals surface area contributed by atoms with Gasteiger partial charge < -0.3 is 11.1 Å². The fourth-order valence-corrected chi connectivity index (χ4v) is 3.33. The molecule has 5 heteroatoms.